The molecule has 0 bridgehead atoms. The Morgan fingerprint density at radius 2 is 2.26 bits per heavy atom. The summed E-state index contributed by atoms with van der Waals surface area (Å²) in [7, 11) is 0. The zero-order valence-corrected chi connectivity index (χ0v) is 13.1. The van der Waals surface area contributed by atoms with Gasteiger partial charge in [0.05, 0.1) is 12.6 Å². The van der Waals surface area contributed by atoms with E-state index in [1.54, 1.807) is 30.0 Å². The van der Waals surface area contributed by atoms with Gasteiger partial charge in [-0.05, 0) is 31.5 Å². The molecule has 2 N–H and O–H groups in total. The Morgan fingerprint density at radius 1 is 1.48 bits per heavy atom. The topological polar surface area (TPSA) is 95.7 Å². The first-order valence-corrected chi connectivity index (χ1v) is 7.51. The maximum atomic E-state index is 12.6. The minimum absolute atomic E-state index is 0.166. The number of β-amino-alcohol motifs (C(OH)–C–C–N with tert-alkyl or cyclic N) is 1. The summed E-state index contributed by atoms with van der Waals surface area (Å²) in [6.45, 7) is 3.78. The number of fused-ring (bicyclic) bond motifs is 1. The monoisotopic (exact) mass is 317 g/mol. The quantitative estimate of drug-likeness (QED) is 0.878. The van der Waals surface area contributed by atoms with E-state index in [9.17, 15) is 14.7 Å². The van der Waals surface area contributed by atoms with Gasteiger partial charge in [-0.2, -0.15) is 0 Å². The first-order valence-electron chi connectivity index (χ1n) is 7.51. The second-order valence-corrected chi connectivity index (χ2v) is 6.04. The third-order valence-electron chi connectivity index (χ3n) is 4.37. The molecule has 2 unspecified atom stereocenters. The number of benzene rings is 1. The van der Waals surface area contributed by atoms with Crippen LogP contribution in [0.25, 0.3) is 11.1 Å². The van der Waals surface area contributed by atoms with E-state index in [2.05, 4.69) is 10.3 Å². The molecule has 2 aromatic rings. The lowest BCUT2D eigenvalue weighted by atomic mass is 9.94. The zero-order chi connectivity index (χ0) is 16.6. The van der Waals surface area contributed by atoms with Gasteiger partial charge in [0.2, 0.25) is 5.91 Å². The van der Waals surface area contributed by atoms with Crippen LogP contribution in [-0.4, -0.2) is 51.5 Å². The van der Waals surface area contributed by atoms with Gasteiger partial charge in [0, 0.05) is 19.0 Å². The lowest BCUT2D eigenvalue weighted by Crippen LogP contribution is -2.52. The van der Waals surface area contributed by atoms with E-state index >= 15 is 0 Å². The van der Waals surface area contributed by atoms with Gasteiger partial charge in [-0.25, -0.2) is 4.98 Å². The van der Waals surface area contributed by atoms with Crippen LogP contribution in [-0.2, 0) is 4.79 Å². The number of rotatable bonds is 3. The third-order valence-corrected chi connectivity index (χ3v) is 4.37. The van der Waals surface area contributed by atoms with E-state index in [-0.39, 0.29) is 18.4 Å². The highest BCUT2D eigenvalue weighted by Crippen LogP contribution is 2.27. The molecule has 7 nitrogen and oxygen atoms in total. The van der Waals surface area contributed by atoms with Crippen molar-refractivity contribution in [2.75, 3.05) is 13.1 Å². The van der Waals surface area contributed by atoms with Crippen LogP contribution in [0.15, 0.2) is 29.0 Å². The molecule has 23 heavy (non-hydrogen) atoms. The molecule has 0 radical (unpaired) electrons. The Kier molecular flexibility index (Phi) is 3.81. The van der Waals surface area contributed by atoms with Crippen LogP contribution >= 0.6 is 0 Å². The first-order chi connectivity index (χ1) is 10.9. The number of carbonyl (C=O) groups is 2. The summed E-state index contributed by atoms with van der Waals surface area (Å²) in [5.41, 5.74) is 0.637. The van der Waals surface area contributed by atoms with Crippen molar-refractivity contribution in [1.82, 2.24) is 15.2 Å². The number of likely N-dealkylation sites (tertiary alicyclic amines) is 1. The van der Waals surface area contributed by atoms with E-state index in [0.29, 0.717) is 29.6 Å². The smallest absolute Gasteiger partial charge is 0.254 e. The normalized spacial score (nSPS) is 22.3. The highest BCUT2D eigenvalue weighted by molar-refractivity contribution is 5.97. The fourth-order valence-electron chi connectivity index (χ4n) is 2.96. The van der Waals surface area contributed by atoms with Crippen molar-refractivity contribution in [3.05, 3.63) is 30.2 Å². The zero-order valence-electron chi connectivity index (χ0n) is 13.1. The van der Waals surface area contributed by atoms with Gasteiger partial charge in [0.25, 0.3) is 5.91 Å². The third kappa shape index (κ3) is 2.92. The fraction of sp³-hybridized carbons (Fsp3) is 0.438. The molecular weight excluding hydrogens is 298 g/mol. The maximum absolute atomic E-state index is 12.6. The van der Waals surface area contributed by atoms with Crippen molar-refractivity contribution >= 4 is 22.9 Å². The van der Waals surface area contributed by atoms with Crippen LogP contribution in [0.1, 0.15) is 30.6 Å². The van der Waals surface area contributed by atoms with Crippen LogP contribution in [0.3, 0.4) is 0 Å². The van der Waals surface area contributed by atoms with E-state index < -0.39 is 11.6 Å². The van der Waals surface area contributed by atoms with Crippen LogP contribution < -0.4 is 5.32 Å². The Labute approximate surface area is 133 Å². The van der Waals surface area contributed by atoms with Crippen molar-refractivity contribution in [3.8, 4) is 0 Å². The molecule has 1 aliphatic rings. The summed E-state index contributed by atoms with van der Waals surface area (Å²) >= 11 is 0. The van der Waals surface area contributed by atoms with Crippen LogP contribution in [0.2, 0.25) is 0 Å². The molecule has 122 valence electrons. The largest absolute Gasteiger partial charge is 0.443 e. The van der Waals surface area contributed by atoms with E-state index in [4.69, 9.17) is 4.42 Å². The average molecular weight is 317 g/mol. The van der Waals surface area contributed by atoms with Gasteiger partial charge in [-0.3, -0.25) is 9.59 Å². The number of hydrogen-bond donors (Lipinski definition) is 2. The maximum Gasteiger partial charge on any atom is 0.254 e. The molecule has 2 amide bonds. The Bertz CT molecular complexity index is 757. The molecule has 0 aliphatic carbocycles. The molecule has 1 saturated heterocycles. The molecule has 2 atom stereocenters. The van der Waals surface area contributed by atoms with E-state index in [1.165, 1.54) is 13.3 Å². The van der Waals surface area contributed by atoms with Gasteiger partial charge in [0.15, 0.2) is 12.0 Å². The van der Waals surface area contributed by atoms with Crippen molar-refractivity contribution in [3.63, 3.8) is 0 Å². The summed E-state index contributed by atoms with van der Waals surface area (Å²) < 4.78 is 5.16. The SMILES string of the molecule is CC(=O)NC(C)C1(O)CCN(C(=O)c2ccc3ocnc3c2)C1. The molecule has 1 aromatic carbocycles. The van der Waals surface area contributed by atoms with Crippen molar-refractivity contribution in [1.29, 1.82) is 0 Å². The molecule has 3 rings (SSSR count). The lowest BCUT2D eigenvalue weighted by molar-refractivity contribution is -0.121. The number of nitrogens with one attached hydrogen (secondary N) is 1. The summed E-state index contributed by atoms with van der Waals surface area (Å²) in [6.07, 6.45) is 1.76. The number of amides is 2. The second kappa shape index (κ2) is 5.66. The molecule has 1 aliphatic heterocycles. The van der Waals surface area contributed by atoms with Crippen molar-refractivity contribution in [2.24, 2.45) is 0 Å². The van der Waals surface area contributed by atoms with Crippen molar-refractivity contribution < 1.29 is 19.1 Å². The minimum Gasteiger partial charge on any atom is -0.443 e. The Morgan fingerprint density at radius 3 is 3.00 bits per heavy atom. The van der Waals surface area contributed by atoms with Crippen LogP contribution in [0.4, 0.5) is 0 Å². The Balaban J connectivity index is 1.75. The second-order valence-electron chi connectivity index (χ2n) is 6.04. The number of aliphatic hydroxyl groups is 1. The fourth-order valence-corrected chi connectivity index (χ4v) is 2.96. The number of oxazole rings is 1. The van der Waals surface area contributed by atoms with Gasteiger partial charge in [0.1, 0.15) is 11.1 Å². The van der Waals surface area contributed by atoms with Gasteiger partial charge < -0.3 is 19.7 Å². The van der Waals surface area contributed by atoms with Crippen molar-refractivity contribution in [2.45, 2.75) is 31.9 Å². The predicted octanol–water partition coefficient (Wildman–Crippen LogP) is 0.929. The molecule has 0 saturated carbocycles. The number of carbonyl (C=O) groups excluding carboxylic acids is 2. The van der Waals surface area contributed by atoms with Gasteiger partial charge in [-0.15, -0.1) is 0 Å². The predicted molar refractivity (Wildman–Crippen MR) is 82.8 cm³/mol. The first kappa shape index (κ1) is 15.5. The average Bonchev–Trinajstić information content (AvgIpc) is 3.12. The number of aromatic nitrogens is 1. The summed E-state index contributed by atoms with van der Waals surface area (Å²) in [4.78, 5) is 29.4. The molecular formula is C16H19N3O4. The number of hydrogen-bond acceptors (Lipinski definition) is 5. The van der Waals surface area contributed by atoms with Crippen LogP contribution in [0, 0.1) is 0 Å². The Hall–Kier alpha value is -2.41. The van der Waals surface area contributed by atoms with Gasteiger partial charge in [-0.1, -0.05) is 0 Å². The number of nitrogens with zero attached hydrogens (tertiary/aromatic N) is 2. The minimum atomic E-state index is -1.11. The van der Waals surface area contributed by atoms with Gasteiger partial charge >= 0.3 is 0 Å². The standard InChI is InChI=1S/C16H19N3O4/c1-10(18-11(2)20)16(22)5-6-19(8-16)15(21)12-3-4-14-13(7-12)17-9-23-14/h3-4,7,9-10,22H,5-6,8H2,1-2H3,(H,18,20). The molecule has 2 heterocycles. The summed E-state index contributed by atoms with van der Waals surface area (Å²) in [5, 5.41) is 13.4. The molecule has 7 heteroatoms. The van der Waals surface area contributed by atoms with Crippen LogP contribution in [0.5, 0.6) is 0 Å². The molecule has 1 fully saturated rings. The summed E-state index contributed by atoms with van der Waals surface area (Å²) in [6, 6.07) is 4.65. The molecule has 1 aromatic heterocycles. The molecule has 0 spiro atoms. The van der Waals surface area contributed by atoms with E-state index in [1.807, 2.05) is 0 Å². The van der Waals surface area contributed by atoms with E-state index in [0.717, 1.165) is 0 Å². The lowest BCUT2D eigenvalue weighted by Gasteiger charge is -2.30. The highest BCUT2D eigenvalue weighted by atomic mass is 16.3. The summed E-state index contributed by atoms with van der Waals surface area (Å²) in [5.74, 6) is -0.368. The highest BCUT2D eigenvalue weighted by Gasteiger charge is 2.43.